The first-order chi connectivity index (χ1) is 15.3. The van der Waals surface area contributed by atoms with Crippen molar-refractivity contribution in [1.82, 2.24) is 19.5 Å². The Labute approximate surface area is 194 Å². The Hall–Kier alpha value is -3.29. The van der Waals surface area contributed by atoms with E-state index < -0.39 is 0 Å². The van der Waals surface area contributed by atoms with Crippen molar-refractivity contribution in [3.63, 3.8) is 0 Å². The third kappa shape index (κ3) is 4.49. The quantitative estimate of drug-likeness (QED) is 0.397. The number of fused-ring (bicyclic) bond motifs is 1. The summed E-state index contributed by atoms with van der Waals surface area (Å²) in [6, 6.07) is 8.30. The van der Waals surface area contributed by atoms with Gasteiger partial charge in [-0.15, -0.1) is 0 Å². The Balaban J connectivity index is 1.56. The standard InChI is InChI=1S/C23H19Cl2N5O2/c1-13(2)30-11-17(16-10-26-12-28-23(16)30)22(32)15-5-6-27-20(9-15)29-21(31)8-14-3-4-18(24)19(25)7-14/h3-7,9-13H,8H2,1-2H3,(H,27,29,31). The summed E-state index contributed by atoms with van der Waals surface area (Å²) in [6.07, 6.45) is 6.46. The van der Waals surface area contributed by atoms with Gasteiger partial charge in [-0.2, -0.15) is 0 Å². The molecule has 3 aromatic heterocycles. The molecule has 0 bridgehead atoms. The van der Waals surface area contributed by atoms with Crippen molar-refractivity contribution in [2.45, 2.75) is 26.3 Å². The fraction of sp³-hybridized carbons (Fsp3) is 0.174. The lowest BCUT2D eigenvalue weighted by Gasteiger charge is -2.07. The van der Waals surface area contributed by atoms with Crippen molar-refractivity contribution >= 4 is 51.7 Å². The number of carbonyl (C=O) groups excluding carboxylic acids is 2. The van der Waals surface area contributed by atoms with Crippen LogP contribution in [-0.4, -0.2) is 31.2 Å². The van der Waals surface area contributed by atoms with Crippen molar-refractivity contribution in [2.24, 2.45) is 0 Å². The highest BCUT2D eigenvalue weighted by atomic mass is 35.5. The largest absolute Gasteiger partial charge is 0.329 e. The fourth-order valence-corrected chi connectivity index (χ4v) is 3.70. The summed E-state index contributed by atoms with van der Waals surface area (Å²) in [5, 5.41) is 4.20. The van der Waals surface area contributed by atoms with Gasteiger partial charge in [-0.3, -0.25) is 9.59 Å². The van der Waals surface area contributed by atoms with Gasteiger partial charge in [-0.1, -0.05) is 29.3 Å². The number of aromatic nitrogens is 4. The third-order valence-corrected chi connectivity index (χ3v) is 5.67. The first kappa shape index (κ1) is 21.9. The van der Waals surface area contributed by atoms with Gasteiger partial charge in [0.1, 0.15) is 17.8 Å². The average Bonchev–Trinajstić information content (AvgIpc) is 3.16. The number of rotatable bonds is 6. The minimum atomic E-state index is -0.287. The van der Waals surface area contributed by atoms with Gasteiger partial charge in [0, 0.05) is 35.6 Å². The van der Waals surface area contributed by atoms with Gasteiger partial charge in [0.05, 0.1) is 22.0 Å². The second kappa shape index (κ2) is 9.06. The first-order valence-electron chi connectivity index (χ1n) is 9.88. The van der Waals surface area contributed by atoms with Gasteiger partial charge in [0.25, 0.3) is 0 Å². The molecule has 3 heterocycles. The second-order valence-corrected chi connectivity index (χ2v) is 8.35. The number of anilines is 1. The smallest absolute Gasteiger partial charge is 0.229 e. The number of hydrogen-bond donors (Lipinski definition) is 1. The third-order valence-electron chi connectivity index (χ3n) is 4.93. The van der Waals surface area contributed by atoms with E-state index in [1.54, 1.807) is 42.7 Å². The number of halogens is 2. The van der Waals surface area contributed by atoms with Crippen LogP contribution in [0.1, 0.15) is 41.4 Å². The lowest BCUT2D eigenvalue weighted by Crippen LogP contribution is -2.16. The monoisotopic (exact) mass is 467 g/mol. The molecule has 0 spiro atoms. The first-order valence-corrected chi connectivity index (χ1v) is 10.6. The molecule has 0 unspecified atom stereocenters. The van der Waals surface area contributed by atoms with Crippen molar-refractivity contribution in [1.29, 1.82) is 0 Å². The molecule has 1 aromatic carbocycles. The lowest BCUT2D eigenvalue weighted by atomic mass is 10.1. The Morgan fingerprint density at radius 3 is 2.66 bits per heavy atom. The summed E-state index contributed by atoms with van der Waals surface area (Å²) in [6.45, 7) is 4.04. The number of carbonyl (C=O) groups is 2. The topological polar surface area (TPSA) is 89.8 Å². The van der Waals surface area contributed by atoms with Crippen LogP contribution < -0.4 is 5.32 Å². The minimum Gasteiger partial charge on any atom is -0.329 e. The summed E-state index contributed by atoms with van der Waals surface area (Å²) in [7, 11) is 0. The van der Waals surface area contributed by atoms with E-state index in [9.17, 15) is 9.59 Å². The molecular weight excluding hydrogens is 449 g/mol. The highest BCUT2D eigenvalue weighted by Gasteiger charge is 2.19. The Kier molecular flexibility index (Phi) is 6.21. The molecule has 0 atom stereocenters. The minimum absolute atomic E-state index is 0.0932. The van der Waals surface area contributed by atoms with Crippen molar-refractivity contribution in [2.75, 3.05) is 5.32 Å². The molecule has 162 valence electrons. The summed E-state index contributed by atoms with van der Waals surface area (Å²) in [5.41, 5.74) is 2.30. The molecule has 0 aliphatic carbocycles. The molecule has 0 radical (unpaired) electrons. The van der Waals surface area contributed by atoms with Crippen LogP contribution in [0.4, 0.5) is 5.82 Å². The molecular formula is C23H19Cl2N5O2. The number of ketones is 1. The molecule has 0 fully saturated rings. The molecule has 0 saturated carbocycles. The van der Waals surface area contributed by atoms with Crippen molar-refractivity contribution < 1.29 is 9.59 Å². The van der Waals surface area contributed by atoms with Crippen LogP contribution in [-0.2, 0) is 11.2 Å². The van der Waals surface area contributed by atoms with Crippen LogP contribution in [0.15, 0.2) is 55.2 Å². The van der Waals surface area contributed by atoms with E-state index in [-0.39, 0.29) is 30.0 Å². The van der Waals surface area contributed by atoms with Crippen LogP contribution >= 0.6 is 23.2 Å². The Morgan fingerprint density at radius 2 is 1.91 bits per heavy atom. The molecule has 7 nitrogen and oxygen atoms in total. The van der Waals surface area contributed by atoms with Crippen LogP contribution in [0.2, 0.25) is 10.0 Å². The van der Waals surface area contributed by atoms with Crippen molar-refractivity contribution in [3.8, 4) is 0 Å². The maximum atomic E-state index is 13.3. The summed E-state index contributed by atoms with van der Waals surface area (Å²) in [4.78, 5) is 38.3. The zero-order valence-electron chi connectivity index (χ0n) is 17.3. The summed E-state index contributed by atoms with van der Waals surface area (Å²) in [5.74, 6) is -0.207. The molecule has 32 heavy (non-hydrogen) atoms. The number of nitrogens with zero attached hydrogens (tertiary/aromatic N) is 4. The van der Waals surface area contributed by atoms with Gasteiger partial charge in [-0.25, -0.2) is 15.0 Å². The van der Waals surface area contributed by atoms with E-state index in [2.05, 4.69) is 20.3 Å². The van der Waals surface area contributed by atoms with E-state index in [0.29, 0.717) is 37.8 Å². The average molecular weight is 468 g/mol. The molecule has 4 rings (SSSR count). The molecule has 4 aromatic rings. The maximum absolute atomic E-state index is 13.3. The Bertz CT molecular complexity index is 1330. The van der Waals surface area contributed by atoms with Gasteiger partial charge in [0.15, 0.2) is 5.78 Å². The van der Waals surface area contributed by atoms with E-state index in [1.807, 2.05) is 18.4 Å². The highest BCUT2D eigenvalue weighted by molar-refractivity contribution is 6.42. The molecule has 0 aliphatic heterocycles. The summed E-state index contributed by atoms with van der Waals surface area (Å²) < 4.78 is 1.94. The zero-order chi connectivity index (χ0) is 22.8. The normalized spacial score (nSPS) is 11.2. The van der Waals surface area contributed by atoms with E-state index in [4.69, 9.17) is 23.2 Å². The lowest BCUT2D eigenvalue weighted by molar-refractivity contribution is -0.115. The number of nitrogens with one attached hydrogen (secondary N) is 1. The van der Waals surface area contributed by atoms with Crippen molar-refractivity contribution in [3.05, 3.63) is 82.0 Å². The summed E-state index contributed by atoms with van der Waals surface area (Å²) >= 11 is 11.9. The Morgan fingerprint density at radius 1 is 1.09 bits per heavy atom. The van der Waals surface area contributed by atoms with Gasteiger partial charge < -0.3 is 9.88 Å². The highest BCUT2D eigenvalue weighted by Crippen LogP contribution is 2.25. The van der Waals surface area contributed by atoms with E-state index >= 15 is 0 Å². The predicted molar refractivity (Wildman–Crippen MR) is 124 cm³/mol. The van der Waals surface area contributed by atoms with Gasteiger partial charge in [0.2, 0.25) is 5.91 Å². The van der Waals surface area contributed by atoms with Crippen LogP contribution in [0.5, 0.6) is 0 Å². The SMILES string of the molecule is CC(C)n1cc(C(=O)c2ccnc(NC(=O)Cc3ccc(Cl)c(Cl)c3)c2)c2cncnc21. The molecule has 9 heteroatoms. The number of amides is 1. The van der Waals surface area contributed by atoms with E-state index in [0.717, 1.165) is 0 Å². The van der Waals surface area contributed by atoms with E-state index in [1.165, 1.54) is 12.5 Å². The molecule has 0 saturated heterocycles. The number of hydrogen-bond acceptors (Lipinski definition) is 5. The second-order valence-electron chi connectivity index (χ2n) is 7.54. The molecule has 0 aliphatic rings. The maximum Gasteiger partial charge on any atom is 0.229 e. The number of pyridine rings is 1. The molecule has 1 amide bonds. The molecule has 1 N–H and O–H groups in total. The van der Waals surface area contributed by atoms with Gasteiger partial charge >= 0.3 is 0 Å². The van der Waals surface area contributed by atoms with Crippen LogP contribution in [0.3, 0.4) is 0 Å². The fourth-order valence-electron chi connectivity index (χ4n) is 3.38. The van der Waals surface area contributed by atoms with Gasteiger partial charge in [-0.05, 0) is 43.7 Å². The zero-order valence-corrected chi connectivity index (χ0v) is 18.9. The van der Waals surface area contributed by atoms with Crippen LogP contribution in [0.25, 0.3) is 11.0 Å². The number of benzene rings is 1. The van der Waals surface area contributed by atoms with Crippen LogP contribution in [0, 0.1) is 0 Å². The predicted octanol–water partition coefficient (Wildman–Crippen LogP) is 5.13.